The van der Waals surface area contributed by atoms with Crippen molar-refractivity contribution in [3.8, 4) is 0 Å². The van der Waals surface area contributed by atoms with Gasteiger partial charge in [0.25, 0.3) is 0 Å². The zero-order chi connectivity index (χ0) is 13.0. The molecule has 0 aliphatic heterocycles. The van der Waals surface area contributed by atoms with E-state index in [0.29, 0.717) is 0 Å². The van der Waals surface area contributed by atoms with E-state index in [4.69, 9.17) is 17.3 Å². The molecular formula is C17H22ClN. The minimum absolute atomic E-state index is 0.0425. The van der Waals surface area contributed by atoms with E-state index < -0.39 is 0 Å². The molecule has 2 N–H and O–H groups in total. The number of nitrogens with two attached hydrogens (primary N) is 1. The summed E-state index contributed by atoms with van der Waals surface area (Å²) in [5.74, 6) is 3.63. The quantitative estimate of drug-likeness (QED) is 0.866. The first kappa shape index (κ1) is 12.2. The molecular weight excluding hydrogens is 254 g/mol. The molecule has 3 aliphatic rings. The molecule has 3 saturated carbocycles. The van der Waals surface area contributed by atoms with Gasteiger partial charge in [-0.25, -0.2) is 0 Å². The van der Waals surface area contributed by atoms with Crippen LogP contribution >= 0.6 is 11.6 Å². The molecule has 0 amide bonds. The van der Waals surface area contributed by atoms with Gasteiger partial charge in [0.2, 0.25) is 0 Å². The molecule has 2 heteroatoms. The fraction of sp³-hybridized carbons (Fsp3) is 0.647. The summed E-state index contributed by atoms with van der Waals surface area (Å²) in [4.78, 5) is 0. The molecule has 1 aromatic carbocycles. The molecule has 0 heterocycles. The van der Waals surface area contributed by atoms with Crippen LogP contribution < -0.4 is 5.73 Å². The molecule has 1 nitrogen and oxygen atoms in total. The van der Waals surface area contributed by atoms with Crippen LogP contribution in [0.4, 0.5) is 0 Å². The summed E-state index contributed by atoms with van der Waals surface area (Å²) < 4.78 is 0. The number of hydrogen-bond acceptors (Lipinski definition) is 1. The summed E-state index contributed by atoms with van der Waals surface area (Å²) in [5, 5.41) is 0.836. The van der Waals surface area contributed by atoms with Crippen molar-refractivity contribution in [3.63, 3.8) is 0 Å². The van der Waals surface area contributed by atoms with Gasteiger partial charge in [-0.1, -0.05) is 30.2 Å². The largest absolute Gasteiger partial charge is 0.325 e. The van der Waals surface area contributed by atoms with E-state index in [1.54, 1.807) is 0 Å². The molecule has 5 atom stereocenters. The summed E-state index contributed by atoms with van der Waals surface area (Å²) in [6.45, 7) is 0. The van der Waals surface area contributed by atoms with E-state index in [-0.39, 0.29) is 5.54 Å². The summed E-state index contributed by atoms with van der Waals surface area (Å²) in [7, 11) is 0. The summed E-state index contributed by atoms with van der Waals surface area (Å²) in [6.07, 6.45) is 7.99. The average molecular weight is 276 g/mol. The Balaban J connectivity index is 1.58. The maximum Gasteiger partial charge on any atom is 0.0408 e. The smallest absolute Gasteiger partial charge is 0.0408 e. The molecule has 0 spiro atoms. The van der Waals surface area contributed by atoms with Crippen LogP contribution in [-0.2, 0) is 6.42 Å². The van der Waals surface area contributed by atoms with Gasteiger partial charge in [-0.2, -0.15) is 0 Å². The Hall–Kier alpha value is -0.530. The second kappa shape index (κ2) is 4.23. The molecule has 102 valence electrons. The number of rotatable bonds is 2. The standard InChI is InChI=1S/C17H22ClN/c18-13-4-1-3-11(7-13)9-17(19)10-12-8-16(17)15-6-2-5-14(12)15/h1,3-4,7,12,14-16H,2,5-6,8-10,19H2. The lowest BCUT2D eigenvalue weighted by molar-refractivity contribution is 0.156. The molecule has 2 bridgehead atoms. The highest BCUT2D eigenvalue weighted by Crippen LogP contribution is 2.62. The van der Waals surface area contributed by atoms with E-state index in [0.717, 1.165) is 35.1 Å². The molecule has 4 rings (SSSR count). The van der Waals surface area contributed by atoms with Crippen molar-refractivity contribution in [1.29, 1.82) is 0 Å². The van der Waals surface area contributed by atoms with Crippen molar-refractivity contribution in [3.05, 3.63) is 34.9 Å². The second-order valence-electron chi connectivity index (χ2n) is 7.10. The molecule has 0 radical (unpaired) electrons. The number of fused-ring (bicyclic) bond motifs is 5. The first-order valence-corrected chi connectivity index (χ1v) is 8.07. The molecule has 19 heavy (non-hydrogen) atoms. The van der Waals surface area contributed by atoms with Gasteiger partial charge >= 0.3 is 0 Å². The Bertz CT molecular complexity index is 500. The van der Waals surface area contributed by atoms with E-state index >= 15 is 0 Å². The minimum atomic E-state index is 0.0425. The summed E-state index contributed by atoms with van der Waals surface area (Å²) in [5.41, 5.74) is 8.20. The van der Waals surface area contributed by atoms with Crippen LogP contribution in [0.15, 0.2) is 24.3 Å². The third-order valence-electron chi connectivity index (χ3n) is 6.11. The first-order chi connectivity index (χ1) is 9.16. The van der Waals surface area contributed by atoms with Crippen molar-refractivity contribution in [2.75, 3.05) is 0 Å². The van der Waals surface area contributed by atoms with Gasteiger partial charge in [0.1, 0.15) is 0 Å². The fourth-order valence-corrected chi connectivity index (χ4v) is 5.76. The van der Waals surface area contributed by atoms with Crippen LogP contribution in [0.2, 0.25) is 5.02 Å². The van der Waals surface area contributed by atoms with E-state index in [2.05, 4.69) is 12.1 Å². The van der Waals surface area contributed by atoms with Crippen LogP contribution in [0.1, 0.15) is 37.7 Å². The normalized spacial score (nSPS) is 43.7. The molecule has 5 unspecified atom stereocenters. The number of halogens is 1. The Morgan fingerprint density at radius 1 is 1.26 bits per heavy atom. The van der Waals surface area contributed by atoms with Crippen LogP contribution in [-0.4, -0.2) is 5.54 Å². The molecule has 3 aliphatic carbocycles. The predicted octanol–water partition coefficient (Wildman–Crippen LogP) is 4.04. The van der Waals surface area contributed by atoms with Gasteiger partial charge in [-0.15, -0.1) is 0 Å². The van der Waals surface area contributed by atoms with E-state index in [1.165, 1.54) is 37.7 Å². The van der Waals surface area contributed by atoms with Crippen molar-refractivity contribution >= 4 is 11.6 Å². The van der Waals surface area contributed by atoms with Crippen molar-refractivity contribution in [2.24, 2.45) is 29.4 Å². The topological polar surface area (TPSA) is 26.0 Å². The molecule has 0 saturated heterocycles. The van der Waals surface area contributed by atoms with Gasteiger partial charge in [-0.3, -0.25) is 0 Å². The number of hydrogen-bond donors (Lipinski definition) is 1. The highest BCUT2D eigenvalue weighted by molar-refractivity contribution is 6.30. The van der Waals surface area contributed by atoms with Gasteiger partial charge in [-0.05, 0) is 73.5 Å². The lowest BCUT2D eigenvalue weighted by atomic mass is 9.69. The van der Waals surface area contributed by atoms with E-state index in [1.807, 2.05) is 12.1 Å². The lowest BCUT2D eigenvalue weighted by Crippen LogP contribution is -2.50. The Morgan fingerprint density at radius 3 is 2.95 bits per heavy atom. The Labute approximate surface area is 120 Å². The van der Waals surface area contributed by atoms with E-state index in [9.17, 15) is 0 Å². The van der Waals surface area contributed by atoms with Gasteiger partial charge < -0.3 is 5.73 Å². The third-order valence-corrected chi connectivity index (χ3v) is 6.34. The van der Waals surface area contributed by atoms with Crippen LogP contribution in [0.25, 0.3) is 0 Å². The summed E-state index contributed by atoms with van der Waals surface area (Å²) >= 11 is 6.10. The summed E-state index contributed by atoms with van der Waals surface area (Å²) in [6, 6.07) is 8.27. The monoisotopic (exact) mass is 275 g/mol. The van der Waals surface area contributed by atoms with Crippen LogP contribution in [0, 0.1) is 23.7 Å². The maximum absolute atomic E-state index is 6.84. The van der Waals surface area contributed by atoms with Crippen molar-refractivity contribution in [1.82, 2.24) is 0 Å². The zero-order valence-corrected chi connectivity index (χ0v) is 12.1. The maximum atomic E-state index is 6.84. The zero-order valence-electron chi connectivity index (χ0n) is 11.3. The highest BCUT2D eigenvalue weighted by atomic mass is 35.5. The molecule has 1 aromatic rings. The average Bonchev–Trinajstić information content (AvgIpc) is 2.99. The van der Waals surface area contributed by atoms with Crippen LogP contribution in [0.5, 0.6) is 0 Å². The van der Waals surface area contributed by atoms with Crippen LogP contribution in [0.3, 0.4) is 0 Å². The third kappa shape index (κ3) is 1.86. The highest BCUT2D eigenvalue weighted by Gasteiger charge is 2.58. The fourth-order valence-electron chi connectivity index (χ4n) is 5.54. The second-order valence-corrected chi connectivity index (χ2v) is 7.54. The van der Waals surface area contributed by atoms with Gasteiger partial charge in [0.05, 0.1) is 0 Å². The minimum Gasteiger partial charge on any atom is -0.325 e. The van der Waals surface area contributed by atoms with Crippen molar-refractivity contribution < 1.29 is 0 Å². The molecule has 3 fully saturated rings. The first-order valence-electron chi connectivity index (χ1n) is 7.69. The lowest BCUT2D eigenvalue weighted by Gasteiger charge is -2.40. The SMILES string of the molecule is NC1(Cc2cccc(Cl)c2)CC2CC1C1CCCC21. The molecule has 0 aromatic heterocycles. The van der Waals surface area contributed by atoms with Crippen molar-refractivity contribution in [2.45, 2.75) is 44.1 Å². The van der Waals surface area contributed by atoms with Gasteiger partial charge in [0.15, 0.2) is 0 Å². The number of benzene rings is 1. The predicted molar refractivity (Wildman–Crippen MR) is 79.1 cm³/mol. The Kier molecular flexibility index (Phi) is 2.72. The van der Waals surface area contributed by atoms with Gasteiger partial charge in [0, 0.05) is 10.6 Å². The Morgan fingerprint density at radius 2 is 2.11 bits per heavy atom.